The molecule has 0 aliphatic carbocycles. The Morgan fingerprint density at radius 3 is 2.85 bits per heavy atom. The molecule has 1 aromatic heterocycles. The molecule has 2 heterocycles. The molecule has 112 valence electrons. The number of carbonyl (C=O) groups is 1. The molecule has 6 nitrogen and oxygen atoms in total. The molecule has 2 rings (SSSR count). The molecule has 1 N–H and O–H groups in total. The first-order valence-electron chi connectivity index (χ1n) is 7.32. The first-order valence-corrected chi connectivity index (χ1v) is 7.32. The van der Waals surface area contributed by atoms with Crippen LogP contribution in [0.25, 0.3) is 0 Å². The average molecular weight is 280 g/mol. The molecule has 0 spiro atoms. The minimum absolute atomic E-state index is 0.183. The number of nitrogens with one attached hydrogen (secondary N) is 1. The summed E-state index contributed by atoms with van der Waals surface area (Å²) in [5, 5.41) is 3.62. The number of ether oxygens (including phenoxy) is 1. The Balaban J connectivity index is 1.70. The summed E-state index contributed by atoms with van der Waals surface area (Å²) in [6.45, 7) is 6.92. The van der Waals surface area contributed by atoms with Crippen molar-refractivity contribution in [3.63, 3.8) is 0 Å². The average Bonchev–Trinajstić information content (AvgIpc) is 2.92. The molecule has 1 amide bonds. The van der Waals surface area contributed by atoms with Crippen molar-refractivity contribution in [3.05, 3.63) is 18.7 Å². The normalized spacial score (nSPS) is 18.0. The lowest BCUT2D eigenvalue weighted by Gasteiger charge is -2.33. The third kappa shape index (κ3) is 4.23. The Kier molecular flexibility index (Phi) is 5.40. The van der Waals surface area contributed by atoms with Crippen molar-refractivity contribution in [2.24, 2.45) is 0 Å². The van der Waals surface area contributed by atoms with E-state index in [-0.39, 0.29) is 6.09 Å². The van der Waals surface area contributed by atoms with Crippen molar-refractivity contribution < 1.29 is 9.53 Å². The van der Waals surface area contributed by atoms with Gasteiger partial charge in [0.05, 0.1) is 12.9 Å². The van der Waals surface area contributed by atoms with Crippen molar-refractivity contribution in [2.75, 3.05) is 19.7 Å². The van der Waals surface area contributed by atoms with Crippen LogP contribution in [0.4, 0.5) is 4.79 Å². The van der Waals surface area contributed by atoms with E-state index in [1.54, 1.807) is 11.1 Å². The van der Waals surface area contributed by atoms with E-state index in [1.807, 2.05) is 19.4 Å². The third-order valence-corrected chi connectivity index (χ3v) is 3.59. The number of hydrogen-bond acceptors (Lipinski definition) is 4. The van der Waals surface area contributed by atoms with Gasteiger partial charge in [0.15, 0.2) is 0 Å². The van der Waals surface area contributed by atoms with Gasteiger partial charge in [0.1, 0.15) is 0 Å². The molecule has 1 aliphatic rings. The predicted octanol–water partition coefficient (Wildman–Crippen LogP) is 1.48. The van der Waals surface area contributed by atoms with E-state index in [0.29, 0.717) is 18.7 Å². The zero-order chi connectivity index (χ0) is 14.4. The van der Waals surface area contributed by atoms with Gasteiger partial charge in [-0.15, -0.1) is 0 Å². The van der Waals surface area contributed by atoms with Gasteiger partial charge in [-0.2, -0.15) is 0 Å². The van der Waals surface area contributed by atoms with E-state index >= 15 is 0 Å². The number of aromatic nitrogens is 2. The van der Waals surface area contributed by atoms with Gasteiger partial charge in [-0.25, -0.2) is 9.78 Å². The largest absolute Gasteiger partial charge is 0.450 e. The van der Waals surface area contributed by atoms with Crippen LogP contribution in [0.5, 0.6) is 0 Å². The van der Waals surface area contributed by atoms with Crippen LogP contribution in [-0.4, -0.2) is 52.3 Å². The lowest BCUT2D eigenvalue weighted by atomic mass is 10.0. The van der Waals surface area contributed by atoms with Gasteiger partial charge in [-0.3, -0.25) is 0 Å². The smallest absolute Gasteiger partial charge is 0.409 e. The quantitative estimate of drug-likeness (QED) is 0.887. The van der Waals surface area contributed by atoms with Crippen LogP contribution in [0, 0.1) is 0 Å². The van der Waals surface area contributed by atoms with Gasteiger partial charge in [0.2, 0.25) is 0 Å². The molecular weight excluding hydrogens is 256 g/mol. The number of nitrogens with zero attached hydrogens (tertiary/aromatic N) is 3. The highest BCUT2D eigenvalue weighted by molar-refractivity contribution is 5.67. The molecule has 6 heteroatoms. The Bertz CT molecular complexity index is 399. The van der Waals surface area contributed by atoms with E-state index in [1.165, 1.54) is 0 Å². The van der Waals surface area contributed by atoms with Crippen LogP contribution >= 0.6 is 0 Å². The molecule has 1 atom stereocenters. The Morgan fingerprint density at radius 2 is 2.25 bits per heavy atom. The monoisotopic (exact) mass is 280 g/mol. The van der Waals surface area contributed by atoms with E-state index in [4.69, 9.17) is 4.74 Å². The Hall–Kier alpha value is -1.56. The number of amides is 1. The van der Waals surface area contributed by atoms with Gasteiger partial charge in [-0.05, 0) is 26.7 Å². The molecule has 0 bridgehead atoms. The molecule has 1 aromatic rings. The summed E-state index contributed by atoms with van der Waals surface area (Å²) < 4.78 is 7.10. The number of rotatable bonds is 5. The summed E-state index contributed by atoms with van der Waals surface area (Å²) in [4.78, 5) is 17.5. The zero-order valence-corrected chi connectivity index (χ0v) is 12.3. The minimum Gasteiger partial charge on any atom is -0.450 e. The molecule has 0 aromatic carbocycles. The van der Waals surface area contributed by atoms with Crippen molar-refractivity contribution >= 4 is 6.09 Å². The van der Waals surface area contributed by atoms with Gasteiger partial charge < -0.3 is 19.5 Å². The Morgan fingerprint density at radius 1 is 1.50 bits per heavy atom. The molecule has 0 radical (unpaired) electrons. The summed E-state index contributed by atoms with van der Waals surface area (Å²) in [6, 6.07) is 0.863. The molecule has 20 heavy (non-hydrogen) atoms. The summed E-state index contributed by atoms with van der Waals surface area (Å²) in [5.74, 6) is 0. The van der Waals surface area contributed by atoms with E-state index in [0.717, 1.165) is 32.5 Å². The second-order valence-electron chi connectivity index (χ2n) is 5.29. The molecular formula is C14H24N4O2. The number of hydrogen-bond donors (Lipinski definition) is 1. The standard InChI is InChI=1S/C14H24N4O2/c1-3-20-14(19)18-7-4-13(5-8-18)16-12(2)10-17-9-6-15-11-17/h6,9,11-13,16H,3-5,7-8,10H2,1-2H3. The van der Waals surface area contributed by atoms with Gasteiger partial charge >= 0.3 is 6.09 Å². The summed E-state index contributed by atoms with van der Waals surface area (Å²) in [6.07, 6.45) is 7.38. The van der Waals surface area contributed by atoms with Gasteiger partial charge in [0, 0.05) is 44.1 Å². The van der Waals surface area contributed by atoms with E-state index in [2.05, 4.69) is 21.8 Å². The highest BCUT2D eigenvalue weighted by Gasteiger charge is 2.24. The maximum Gasteiger partial charge on any atom is 0.409 e. The number of imidazole rings is 1. The molecule has 1 aliphatic heterocycles. The van der Waals surface area contributed by atoms with Crippen LogP contribution in [0.3, 0.4) is 0 Å². The molecule has 1 unspecified atom stereocenters. The first kappa shape index (κ1) is 14.8. The minimum atomic E-state index is -0.183. The predicted molar refractivity (Wildman–Crippen MR) is 76.4 cm³/mol. The van der Waals surface area contributed by atoms with Crippen LogP contribution in [0.1, 0.15) is 26.7 Å². The molecule has 1 saturated heterocycles. The fourth-order valence-electron chi connectivity index (χ4n) is 2.61. The highest BCUT2D eigenvalue weighted by atomic mass is 16.6. The second kappa shape index (κ2) is 7.28. The zero-order valence-electron chi connectivity index (χ0n) is 12.3. The first-order chi connectivity index (χ1) is 9.69. The fourth-order valence-corrected chi connectivity index (χ4v) is 2.61. The molecule has 1 fully saturated rings. The number of carbonyl (C=O) groups excluding carboxylic acids is 1. The highest BCUT2D eigenvalue weighted by Crippen LogP contribution is 2.12. The third-order valence-electron chi connectivity index (χ3n) is 3.59. The lowest BCUT2D eigenvalue weighted by Crippen LogP contribution is -2.48. The maximum absolute atomic E-state index is 11.6. The van der Waals surface area contributed by atoms with Crippen LogP contribution in [0.15, 0.2) is 18.7 Å². The van der Waals surface area contributed by atoms with Crippen LogP contribution < -0.4 is 5.32 Å². The van der Waals surface area contributed by atoms with Crippen molar-refractivity contribution in [1.29, 1.82) is 0 Å². The topological polar surface area (TPSA) is 59.4 Å². The Labute approximate surface area is 120 Å². The number of likely N-dealkylation sites (tertiary alicyclic amines) is 1. The summed E-state index contributed by atoms with van der Waals surface area (Å²) >= 11 is 0. The van der Waals surface area contributed by atoms with Gasteiger partial charge in [0.25, 0.3) is 0 Å². The van der Waals surface area contributed by atoms with E-state index < -0.39 is 0 Å². The second-order valence-corrected chi connectivity index (χ2v) is 5.29. The summed E-state index contributed by atoms with van der Waals surface area (Å²) in [5.41, 5.74) is 0. The lowest BCUT2D eigenvalue weighted by molar-refractivity contribution is 0.0942. The van der Waals surface area contributed by atoms with E-state index in [9.17, 15) is 4.79 Å². The van der Waals surface area contributed by atoms with Crippen molar-refractivity contribution in [2.45, 2.75) is 45.3 Å². The fraction of sp³-hybridized carbons (Fsp3) is 0.714. The maximum atomic E-state index is 11.6. The van der Waals surface area contributed by atoms with Crippen LogP contribution in [0.2, 0.25) is 0 Å². The number of piperidine rings is 1. The molecule has 0 saturated carbocycles. The van der Waals surface area contributed by atoms with Gasteiger partial charge in [-0.1, -0.05) is 0 Å². The summed E-state index contributed by atoms with van der Waals surface area (Å²) in [7, 11) is 0. The van der Waals surface area contributed by atoms with Crippen molar-refractivity contribution in [1.82, 2.24) is 19.8 Å². The SMILES string of the molecule is CCOC(=O)N1CCC(NC(C)Cn2ccnc2)CC1. The van der Waals surface area contributed by atoms with Crippen molar-refractivity contribution in [3.8, 4) is 0 Å². The van der Waals surface area contributed by atoms with Crippen LogP contribution in [-0.2, 0) is 11.3 Å².